The first kappa shape index (κ1) is 20.1. The number of ether oxygens (including phenoxy) is 1. The molecule has 1 fully saturated rings. The molecular weight excluding hydrogens is 332 g/mol. The maximum atomic E-state index is 12.4. The zero-order valence-electron chi connectivity index (χ0n) is 16.0. The van der Waals surface area contributed by atoms with Crippen LogP contribution in [0, 0.1) is 11.3 Å². The van der Waals surface area contributed by atoms with E-state index >= 15 is 0 Å². The molecule has 3 atom stereocenters. The van der Waals surface area contributed by atoms with Crippen molar-refractivity contribution in [2.45, 2.75) is 65.1 Å². The van der Waals surface area contributed by atoms with Crippen LogP contribution in [0.1, 0.15) is 52.5 Å². The van der Waals surface area contributed by atoms with Crippen LogP contribution in [0.2, 0.25) is 0 Å². The van der Waals surface area contributed by atoms with Gasteiger partial charge in [0.05, 0.1) is 0 Å². The summed E-state index contributed by atoms with van der Waals surface area (Å²) < 4.78 is 5.39. The molecule has 6 nitrogen and oxygen atoms in total. The second kappa shape index (κ2) is 7.98. The summed E-state index contributed by atoms with van der Waals surface area (Å²) >= 11 is 0. The molecule has 26 heavy (non-hydrogen) atoms. The van der Waals surface area contributed by atoms with Gasteiger partial charge in [-0.05, 0) is 37.2 Å². The lowest BCUT2D eigenvalue weighted by Crippen LogP contribution is -2.64. The van der Waals surface area contributed by atoms with Crippen LogP contribution in [0.5, 0.6) is 0 Å². The fraction of sp³-hybridized carbons (Fsp3) is 0.600. The van der Waals surface area contributed by atoms with E-state index in [-0.39, 0.29) is 24.0 Å². The van der Waals surface area contributed by atoms with E-state index in [0.717, 1.165) is 24.8 Å². The summed E-state index contributed by atoms with van der Waals surface area (Å²) in [5.41, 5.74) is 0.195. The van der Waals surface area contributed by atoms with E-state index in [1.165, 1.54) is 0 Å². The summed E-state index contributed by atoms with van der Waals surface area (Å²) in [7, 11) is 0. The molecule has 1 aromatic carbocycles. The van der Waals surface area contributed by atoms with E-state index in [0.29, 0.717) is 0 Å². The van der Waals surface area contributed by atoms with Crippen LogP contribution in [0.4, 0.5) is 9.59 Å². The summed E-state index contributed by atoms with van der Waals surface area (Å²) in [5, 5.41) is 14.9. The average Bonchev–Trinajstić information content (AvgIpc) is 2.51. The van der Waals surface area contributed by atoms with Crippen molar-refractivity contribution < 1.29 is 19.4 Å². The van der Waals surface area contributed by atoms with E-state index < -0.39 is 17.7 Å². The van der Waals surface area contributed by atoms with Crippen molar-refractivity contribution in [3.8, 4) is 0 Å². The Morgan fingerprint density at radius 1 is 1.27 bits per heavy atom. The highest BCUT2D eigenvalue weighted by molar-refractivity contribution is 5.68. The van der Waals surface area contributed by atoms with Gasteiger partial charge in [0.2, 0.25) is 0 Å². The Bertz CT molecular complexity index is 626. The number of benzene rings is 1. The Balaban J connectivity index is 2.10. The Labute approximate surface area is 155 Å². The third-order valence-corrected chi connectivity index (χ3v) is 5.14. The number of rotatable bonds is 4. The standard InChI is InChI=1S/C20H30N2O4/c1-19(2,3)16-15(21-17(23)24)11-8-12-20(16,4)22-18(25)26-13-14-9-6-5-7-10-14/h5-7,9-10,15-16,21H,8,11-13H2,1-4H3,(H,22,25)(H,23,24). The number of carbonyl (C=O) groups is 2. The molecule has 0 aromatic heterocycles. The minimum Gasteiger partial charge on any atom is -0.465 e. The van der Waals surface area contributed by atoms with Gasteiger partial charge in [0, 0.05) is 17.5 Å². The van der Waals surface area contributed by atoms with Gasteiger partial charge in [-0.2, -0.15) is 0 Å². The fourth-order valence-electron chi connectivity index (χ4n) is 4.46. The van der Waals surface area contributed by atoms with Crippen molar-refractivity contribution in [2.75, 3.05) is 0 Å². The summed E-state index contributed by atoms with van der Waals surface area (Å²) in [5.74, 6) is -0.0517. The Hall–Kier alpha value is -2.24. The normalized spacial score (nSPS) is 26.0. The predicted molar refractivity (Wildman–Crippen MR) is 99.9 cm³/mol. The van der Waals surface area contributed by atoms with Gasteiger partial charge in [-0.25, -0.2) is 9.59 Å². The molecule has 0 bridgehead atoms. The van der Waals surface area contributed by atoms with Crippen LogP contribution in [0.15, 0.2) is 30.3 Å². The highest BCUT2D eigenvalue weighted by Gasteiger charge is 2.49. The number of hydrogen-bond donors (Lipinski definition) is 3. The van der Waals surface area contributed by atoms with Crippen LogP contribution in [0.3, 0.4) is 0 Å². The molecule has 0 spiro atoms. The number of carboxylic acid groups (broad SMARTS) is 1. The molecule has 0 radical (unpaired) electrons. The zero-order valence-corrected chi connectivity index (χ0v) is 16.0. The van der Waals surface area contributed by atoms with Crippen molar-refractivity contribution in [3.63, 3.8) is 0 Å². The third kappa shape index (κ3) is 5.13. The Kier molecular flexibility index (Phi) is 6.16. The van der Waals surface area contributed by atoms with E-state index in [4.69, 9.17) is 4.74 Å². The van der Waals surface area contributed by atoms with Crippen molar-refractivity contribution in [1.82, 2.24) is 10.6 Å². The molecule has 144 valence electrons. The van der Waals surface area contributed by atoms with Crippen LogP contribution in [0.25, 0.3) is 0 Å². The van der Waals surface area contributed by atoms with Gasteiger partial charge in [0.1, 0.15) is 6.61 Å². The first-order chi connectivity index (χ1) is 12.1. The third-order valence-electron chi connectivity index (χ3n) is 5.14. The summed E-state index contributed by atoms with van der Waals surface area (Å²) in [6, 6.07) is 9.31. The lowest BCUT2D eigenvalue weighted by atomic mass is 9.60. The lowest BCUT2D eigenvalue weighted by Gasteiger charge is -2.52. The molecule has 3 N–H and O–H groups in total. The molecule has 1 aliphatic carbocycles. The number of amides is 2. The smallest absolute Gasteiger partial charge is 0.407 e. The molecule has 6 heteroatoms. The average molecular weight is 362 g/mol. The van der Waals surface area contributed by atoms with Crippen molar-refractivity contribution in [3.05, 3.63) is 35.9 Å². The van der Waals surface area contributed by atoms with Gasteiger partial charge in [-0.3, -0.25) is 0 Å². The SMILES string of the molecule is CC(C)(C)C1C(NC(=O)O)CCCC1(C)NC(=O)OCc1ccccc1. The van der Waals surface area contributed by atoms with Crippen molar-refractivity contribution in [1.29, 1.82) is 0 Å². The van der Waals surface area contributed by atoms with Gasteiger partial charge in [-0.1, -0.05) is 51.1 Å². The van der Waals surface area contributed by atoms with E-state index in [1.54, 1.807) is 0 Å². The van der Waals surface area contributed by atoms with Gasteiger partial charge in [0.15, 0.2) is 0 Å². The van der Waals surface area contributed by atoms with E-state index in [2.05, 4.69) is 31.4 Å². The maximum Gasteiger partial charge on any atom is 0.407 e. The topological polar surface area (TPSA) is 87.7 Å². The Morgan fingerprint density at radius 2 is 1.92 bits per heavy atom. The molecule has 2 amide bonds. The Morgan fingerprint density at radius 3 is 2.50 bits per heavy atom. The summed E-state index contributed by atoms with van der Waals surface area (Å²) in [6.07, 6.45) is 0.895. The highest BCUT2D eigenvalue weighted by Crippen LogP contribution is 2.44. The number of alkyl carbamates (subject to hydrolysis) is 1. The van der Waals surface area contributed by atoms with Crippen molar-refractivity contribution >= 4 is 12.2 Å². The van der Waals surface area contributed by atoms with Crippen LogP contribution < -0.4 is 10.6 Å². The number of hydrogen-bond acceptors (Lipinski definition) is 3. The maximum absolute atomic E-state index is 12.4. The first-order valence-electron chi connectivity index (χ1n) is 9.10. The van der Waals surface area contributed by atoms with Crippen LogP contribution in [-0.4, -0.2) is 28.9 Å². The lowest BCUT2D eigenvalue weighted by molar-refractivity contribution is 0.0285. The molecule has 1 aliphatic rings. The van der Waals surface area contributed by atoms with Crippen LogP contribution in [-0.2, 0) is 11.3 Å². The van der Waals surface area contributed by atoms with Crippen molar-refractivity contribution in [2.24, 2.45) is 11.3 Å². The molecular formula is C20H30N2O4. The number of carbonyl (C=O) groups excluding carboxylic acids is 1. The second-order valence-electron chi connectivity index (χ2n) is 8.40. The van der Waals surface area contributed by atoms with Gasteiger partial charge < -0.3 is 20.5 Å². The molecule has 0 saturated heterocycles. The number of nitrogens with one attached hydrogen (secondary N) is 2. The molecule has 3 unspecified atom stereocenters. The monoisotopic (exact) mass is 362 g/mol. The van der Waals surface area contributed by atoms with Gasteiger partial charge in [0.25, 0.3) is 0 Å². The molecule has 0 heterocycles. The van der Waals surface area contributed by atoms with Crippen LogP contribution >= 0.6 is 0 Å². The van der Waals surface area contributed by atoms with Gasteiger partial charge >= 0.3 is 12.2 Å². The summed E-state index contributed by atoms with van der Waals surface area (Å²) in [4.78, 5) is 23.6. The second-order valence-corrected chi connectivity index (χ2v) is 8.40. The fourth-order valence-corrected chi connectivity index (χ4v) is 4.46. The quantitative estimate of drug-likeness (QED) is 0.751. The molecule has 0 aliphatic heterocycles. The first-order valence-corrected chi connectivity index (χ1v) is 9.10. The van der Waals surface area contributed by atoms with Gasteiger partial charge in [-0.15, -0.1) is 0 Å². The zero-order chi connectivity index (χ0) is 19.4. The molecule has 1 aromatic rings. The minimum atomic E-state index is -1.03. The highest BCUT2D eigenvalue weighted by atomic mass is 16.5. The predicted octanol–water partition coefficient (Wildman–Crippen LogP) is 4.15. The van der Waals surface area contributed by atoms with E-state index in [9.17, 15) is 14.7 Å². The van der Waals surface area contributed by atoms with E-state index in [1.807, 2.05) is 37.3 Å². The molecule has 2 rings (SSSR count). The molecule has 1 saturated carbocycles. The minimum absolute atomic E-state index is 0.0517. The summed E-state index contributed by atoms with van der Waals surface area (Å²) in [6.45, 7) is 8.43. The largest absolute Gasteiger partial charge is 0.465 e.